The Hall–Kier alpha value is -4.06. The van der Waals surface area contributed by atoms with Gasteiger partial charge in [0.15, 0.2) is 0 Å². The number of nitrogens with one attached hydrogen (secondary N) is 3. The van der Waals surface area contributed by atoms with E-state index < -0.39 is 0 Å². The molecule has 0 bridgehead atoms. The van der Waals surface area contributed by atoms with Crippen molar-refractivity contribution in [1.82, 2.24) is 15.6 Å². The zero-order valence-corrected chi connectivity index (χ0v) is 20.6. The molecule has 0 radical (unpaired) electrons. The van der Waals surface area contributed by atoms with E-state index in [0.29, 0.717) is 24.3 Å². The molecule has 6 heteroatoms. The van der Waals surface area contributed by atoms with Crippen LogP contribution < -0.4 is 10.6 Å². The molecule has 2 amide bonds. The van der Waals surface area contributed by atoms with Crippen molar-refractivity contribution in [3.8, 4) is 0 Å². The van der Waals surface area contributed by atoms with Gasteiger partial charge in [0.1, 0.15) is 11.5 Å². The van der Waals surface area contributed by atoms with Crippen LogP contribution in [-0.4, -0.2) is 23.3 Å². The van der Waals surface area contributed by atoms with Crippen LogP contribution in [0.2, 0.25) is 0 Å². The van der Waals surface area contributed by atoms with Crippen molar-refractivity contribution in [2.45, 2.75) is 39.5 Å². The van der Waals surface area contributed by atoms with Crippen LogP contribution in [0.4, 0.5) is 0 Å². The second-order valence-corrected chi connectivity index (χ2v) is 9.63. The fraction of sp³-hybridized carbons (Fsp3) is 0.241. The molecular formula is C29H31N3O3. The second-order valence-electron chi connectivity index (χ2n) is 9.63. The van der Waals surface area contributed by atoms with Gasteiger partial charge in [-0.25, -0.2) is 0 Å². The summed E-state index contributed by atoms with van der Waals surface area (Å²) in [6, 6.07) is 19.0. The largest absolute Gasteiger partial charge is 0.465 e. The van der Waals surface area contributed by atoms with E-state index in [4.69, 9.17) is 4.42 Å². The van der Waals surface area contributed by atoms with Crippen LogP contribution in [0.25, 0.3) is 17.0 Å². The molecule has 0 aliphatic rings. The van der Waals surface area contributed by atoms with Gasteiger partial charge in [0.25, 0.3) is 11.8 Å². The lowest BCUT2D eigenvalue weighted by atomic mass is 9.87. The molecule has 3 N–H and O–H groups in total. The first-order valence-electron chi connectivity index (χ1n) is 11.7. The maximum atomic E-state index is 13.1. The summed E-state index contributed by atoms with van der Waals surface area (Å²) in [5.74, 6) is -0.254. The van der Waals surface area contributed by atoms with Crippen LogP contribution in [0.1, 0.15) is 53.7 Å². The van der Waals surface area contributed by atoms with Crippen molar-refractivity contribution in [1.29, 1.82) is 0 Å². The topological polar surface area (TPSA) is 87.1 Å². The molecule has 4 aromatic rings. The van der Waals surface area contributed by atoms with Gasteiger partial charge in [0.05, 0.1) is 6.26 Å². The lowest BCUT2D eigenvalue weighted by Gasteiger charge is -2.19. The number of aromatic nitrogens is 1. The highest BCUT2D eigenvalue weighted by molar-refractivity contribution is 6.05. The molecule has 0 spiro atoms. The van der Waals surface area contributed by atoms with E-state index in [1.54, 1.807) is 24.3 Å². The van der Waals surface area contributed by atoms with Crippen LogP contribution in [0, 0.1) is 6.92 Å². The van der Waals surface area contributed by atoms with Gasteiger partial charge in [-0.2, -0.15) is 0 Å². The van der Waals surface area contributed by atoms with E-state index in [1.807, 2.05) is 37.3 Å². The maximum Gasteiger partial charge on any atom is 0.267 e. The molecule has 2 aromatic heterocycles. The quantitative estimate of drug-likeness (QED) is 0.313. The first kappa shape index (κ1) is 24.1. The second kappa shape index (κ2) is 10.1. The molecular weight excluding hydrogens is 438 g/mol. The van der Waals surface area contributed by atoms with Gasteiger partial charge in [0, 0.05) is 34.8 Å². The van der Waals surface area contributed by atoms with E-state index in [0.717, 1.165) is 22.2 Å². The molecule has 0 unspecified atom stereocenters. The third kappa shape index (κ3) is 5.72. The van der Waals surface area contributed by atoms with Crippen molar-refractivity contribution in [3.05, 3.63) is 101 Å². The molecule has 2 aromatic carbocycles. The number of para-hydroxylation sites is 1. The molecule has 6 nitrogen and oxygen atoms in total. The van der Waals surface area contributed by atoms with Crippen LogP contribution in [0.3, 0.4) is 0 Å². The minimum atomic E-state index is -0.376. The number of aryl methyl sites for hydroxylation is 1. The first-order chi connectivity index (χ1) is 16.7. The molecule has 0 saturated heterocycles. The number of aromatic amines is 1. The normalized spacial score (nSPS) is 12.1. The van der Waals surface area contributed by atoms with Crippen LogP contribution in [-0.2, 0) is 16.6 Å². The number of benzene rings is 2. The average molecular weight is 470 g/mol. The highest BCUT2D eigenvalue weighted by Gasteiger charge is 2.18. The number of furan rings is 1. The van der Waals surface area contributed by atoms with Gasteiger partial charge >= 0.3 is 0 Å². The standard InChI is InChI=1S/C29H31N3O3/c1-19-23(24-9-5-6-10-25(24)31-19)15-16-30-28(34)26(18-22-8-7-17-35-22)32-27(33)20-11-13-21(14-12-20)29(2,3)4/h5-14,17-18,31H,15-16H2,1-4H3,(H,30,34)(H,32,33)/b26-18-. The Bertz CT molecular complexity index is 1350. The van der Waals surface area contributed by atoms with Crippen molar-refractivity contribution < 1.29 is 14.0 Å². The van der Waals surface area contributed by atoms with Gasteiger partial charge in [-0.05, 0) is 60.2 Å². The zero-order valence-electron chi connectivity index (χ0n) is 20.6. The summed E-state index contributed by atoms with van der Waals surface area (Å²) in [7, 11) is 0. The van der Waals surface area contributed by atoms with E-state index in [1.165, 1.54) is 17.9 Å². The number of hydrogen-bond donors (Lipinski definition) is 3. The van der Waals surface area contributed by atoms with Crippen molar-refractivity contribution in [3.63, 3.8) is 0 Å². The smallest absolute Gasteiger partial charge is 0.267 e. The Labute approximate surface area is 205 Å². The van der Waals surface area contributed by atoms with Crippen molar-refractivity contribution in [2.75, 3.05) is 6.54 Å². The predicted octanol–water partition coefficient (Wildman–Crippen LogP) is 5.50. The average Bonchev–Trinajstić information content (AvgIpc) is 3.45. The van der Waals surface area contributed by atoms with Crippen LogP contribution in [0.5, 0.6) is 0 Å². The maximum absolute atomic E-state index is 13.1. The molecule has 0 atom stereocenters. The van der Waals surface area contributed by atoms with Crippen LogP contribution >= 0.6 is 0 Å². The lowest BCUT2D eigenvalue weighted by molar-refractivity contribution is -0.117. The minimum absolute atomic E-state index is 0.0115. The number of rotatable bonds is 7. The number of carbonyl (C=O) groups is 2. The Morgan fingerprint density at radius 1 is 1.00 bits per heavy atom. The molecule has 0 aliphatic carbocycles. The minimum Gasteiger partial charge on any atom is -0.465 e. The van der Waals surface area contributed by atoms with Crippen molar-refractivity contribution >= 4 is 28.8 Å². The van der Waals surface area contributed by atoms with Gasteiger partial charge in [-0.15, -0.1) is 0 Å². The third-order valence-corrected chi connectivity index (χ3v) is 6.02. The lowest BCUT2D eigenvalue weighted by Crippen LogP contribution is -2.35. The van der Waals surface area contributed by atoms with Gasteiger partial charge in [-0.3, -0.25) is 9.59 Å². The number of H-pyrrole nitrogens is 1. The Morgan fingerprint density at radius 3 is 2.43 bits per heavy atom. The van der Waals surface area contributed by atoms with Gasteiger partial charge < -0.3 is 20.0 Å². The number of hydrogen-bond acceptors (Lipinski definition) is 3. The molecule has 0 aliphatic heterocycles. The fourth-order valence-corrected chi connectivity index (χ4v) is 4.04. The third-order valence-electron chi connectivity index (χ3n) is 6.02. The molecule has 2 heterocycles. The molecule has 180 valence electrons. The van der Waals surface area contributed by atoms with E-state index >= 15 is 0 Å². The summed E-state index contributed by atoms with van der Waals surface area (Å²) in [4.78, 5) is 29.4. The predicted molar refractivity (Wildman–Crippen MR) is 139 cm³/mol. The van der Waals surface area contributed by atoms with Gasteiger partial charge in [-0.1, -0.05) is 51.1 Å². The van der Waals surface area contributed by atoms with Crippen molar-refractivity contribution in [2.24, 2.45) is 0 Å². The van der Waals surface area contributed by atoms with Crippen LogP contribution in [0.15, 0.2) is 77.0 Å². The summed E-state index contributed by atoms with van der Waals surface area (Å²) in [6.07, 6.45) is 3.72. The summed E-state index contributed by atoms with van der Waals surface area (Å²) in [6.45, 7) is 8.81. The highest BCUT2D eigenvalue weighted by atomic mass is 16.3. The number of amides is 2. The van der Waals surface area contributed by atoms with E-state index in [-0.39, 0.29) is 22.9 Å². The first-order valence-corrected chi connectivity index (χ1v) is 11.7. The summed E-state index contributed by atoms with van der Waals surface area (Å²) >= 11 is 0. The fourth-order valence-electron chi connectivity index (χ4n) is 4.04. The number of carbonyl (C=O) groups excluding carboxylic acids is 2. The zero-order chi connectivity index (χ0) is 25.0. The summed E-state index contributed by atoms with van der Waals surface area (Å²) < 4.78 is 5.37. The summed E-state index contributed by atoms with van der Waals surface area (Å²) in [5, 5.41) is 6.84. The Morgan fingerprint density at radius 2 is 1.74 bits per heavy atom. The SMILES string of the molecule is Cc1[nH]c2ccccc2c1CCNC(=O)/C(=C/c1ccco1)NC(=O)c1ccc(C(C)(C)C)cc1. The molecule has 4 rings (SSSR count). The monoisotopic (exact) mass is 469 g/mol. The molecule has 0 saturated carbocycles. The van der Waals surface area contributed by atoms with E-state index in [2.05, 4.69) is 42.5 Å². The Balaban J connectivity index is 1.47. The van der Waals surface area contributed by atoms with Gasteiger partial charge in [0.2, 0.25) is 0 Å². The Kier molecular flexibility index (Phi) is 6.92. The summed E-state index contributed by atoms with van der Waals surface area (Å²) in [5.41, 5.74) is 5.05. The molecule has 35 heavy (non-hydrogen) atoms. The molecule has 0 fully saturated rings. The highest BCUT2D eigenvalue weighted by Crippen LogP contribution is 2.23. The number of fused-ring (bicyclic) bond motifs is 1. The van der Waals surface area contributed by atoms with E-state index in [9.17, 15) is 9.59 Å².